The quantitative estimate of drug-likeness (QED) is 0.831. The third-order valence-corrected chi connectivity index (χ3v) is 2.97. The summed E-state index contributed by atoms with van der Waals surface area (Å²) in [6.07, 6.45) is 1.63. The lowest BCUT2D eigenvalue weighted by Gasteiger charge is -2.24. The molecule has 0 saturated carbocycles. The van der Waals surface area contributed by atoms with Gasteiger partial charge < -0.3 is 15.3 Å². The molecule has 1 atom stereocenters. The third-order valence-electron chi connectivity index (χ3n) is 2.97. The van der Waals surface area contributed by atoms with Gasteiger partial charge in [0.2, 0.25) is 0 Å². The molecule has 2 heterocycles. The molecule has 1 fully saturated rings. The van der Waals surface area contributed by atoms with Gasteiger partial charge in [-0.15, -0.1) is 0 Å². The highest BCUT2D eigenvalue weighted by atomic mass is 19.1. The van der Waals surface area contributed by atoms with E-state index in [-0.39, 0.29) is 18.2 Å². The average molecular weight is 253 g/mol. The van der Waals surface area contributed by atoms with Gasteiger partial charge in [-0.2, -0.15) is 0 Å². The van der Waals surface area contributed by atoms with Gasteiger partial charge in [0.1, 0.15) is 0 Å². The fraction of sp³-hybridized carbons (Fsp3) is 0.500. The second-order valence-electron chi connectivity index (χ2n) is 4.42. The minimum atomic E-state index is -0.829. The highest BCUT2D eigenvalue weighted by Crippen LogP contribution is 2.18. The summed E-state index contributed by atoms with van der Waals surface area (Å²) in [5.74, 6) is -0.929. The molecule has 98 valence electrons. The molecule has 6 heteroatoms. The monoisotopic (exact) mass is 253 g/mol. The molecule has 1 saturated heterocycles. The Morgan fingerprint density at radius 1 is 1.67 bits per heavy atom. The van der Waals surface area contributed by atoms with Crippen LogP contribution < -0.4 is 10.2 Å². The molecule has 0 amide bonds. The number of carboxylic acid groups (broad SMARTS) is 1. The minimum absolute atomic E-state index is 0.0357. The van der Waals surface area contributed by atoms with Crippen LogP contribution in [0.1, 0.15) is 6.42 Å². The SMILES string of the molecule is O=C(O)CC1CNCCN(c2ncccc2F)C1. The summed E-state index contributed by atoms with van der Waals surface area (Å²) in [7, 11) is 0. The highest BCUT2D eigenvalue weighted by molar-refractivity contribution is 5.67. The number of rotatable bonds is 3. The molecule has 0 bridgehead atoms. The van der Waals surface area contributed by atoms with Crippen LogP contribution in [0.15, 0.2) is 18.3 Å². The number of nitrogens with zero attached hydrogens (tertiary/aromatic N) is 2. The van der Waals surface area contributed by atoms with Crippen molar-refractivity contribution in [3.63, 3.8) is 0 Å². The zero-order chi connectivity index (χ0) is 13.0. The standard InChI is InChI=1S/C12H16FN3O2/c13-10-2-1-3-15-12(10)16-5-4-14-7-9(8-16)6-11(17)18/h1-3,9,14H,4-8H2,(H,17,18). The molecule has 2 N–H and O–H groups in total. The van der Waals surface area contributed by atoms with Crippen LogP contribution >= 0.6 is 0 Å². The number of hydrogen-bond acceptors (Lipinski definition) is 4. The van der Waals surface area contributed by atoms with Gasteiger partial charge in [-0.25, -0.2) is 9.37 Å². The summed E-state index contributed by atoms with van der Waals surface area (Å²) in [5.41, 5.74) is 0. The van der Waals surface area contributed by atoms with Crippen LogP contribution in [0, 0.1) is 11.7 Å². The number of halogens is 1. The van der Waals surface area contributed by atoms with Crippen molar-refractivity contribution in [1.29, 1.82) is 0 Å². The Labute approximate surface area is 105 Å². The summed E-state index contributed by atoms with van der Waals surface area (Å²) < 4.78 is 13.7. The zero-order valence-corrected chi connectivity index (χ0v) is 9.97. The maximum atomic E-state index is 13.7. The molecule has 18 heavy (non-hydrogen) atoms. The Hall–Kier alpha value is -1.69. The maximum absolute atomic E-state index is 13.7. The van der Waals surface area contributed by atoms with Crippen molar-refractivity contribution in [1.82, 2.24) is 10.3 Å². The van der Waals surface area contributed by atoms with Gasteiger partial charge in [-0.1, -0.05) is 0 Å². The molecule has 5 nitrogen and oxygen atoms in total. The lowest BCUT2D eigenvalue weighted by molar-refractivity contribution is -0.137. The van der Waals surface area contributed by atoms with E-state index < -0.39 is 5.97 Å². The topological polar surface area (TPSA) is 65.5 Å². The number of nitrogens with one attached hydrogen (secondary N) is 1. The van der Waals surface area contributed by atoms with Crippen molar-refractivity contribution in [3.05, 3.63) is 24.1 Å². The largest absolute Gasteiger partial charge is 0.481 e. The van der Waals surface area contributed by atoms with Crippen LogP contribution in [0.25, 0.3) is 0 Å². The Morgan fingerprint density at radius 3 is 3.22 bits per heavy atom. The molecular formula is C12H16FN3O2. The first-order valence-electron chi connectivity index (χ1n) is 5.95. The lowest BCUT2D eigenvalue weighted by atomic mass is 10.1. The van der Waals surface area contributed by atoms with E-state index in [0.29, 0.717) is 32.0 Å². The predicted octanol–water partition coefficient (Wildman–Crippen LogP) is 0.721. The minimum Gasteiger partial charge on any atom is -0.481 e. The Kier molecular flexibility index (Phi) is 4.09. The summed E-state index contributed by atoms with van der Waals surface area (Å²) in [4.78, 5) is 16.6. The molecule has 0 spiro atoms. The van der Waals surface area contributed by atoms with E-state index in [1.54, 1.807) is 12.3 Å². The third kappa shape index (κ3) is 3.16. The number of aliphatic carboxylic acids is 1. The summed E-state index contributed by atoms with van der Waals surface area (Å²) >= 11 is 0. The average Bonchev–Trinajstić information content (AvgIpc) is 2.54. The van der Waals surface area contributed by atoms with Crippen molar-refractivity contribution in [3.8, 4) is 0 Å². The molecule has 1 unspecified atom stereocenters. The van der Waals surface area contributed by atoms with E-state index in [9.17, 15) is 9.18 Å². The molecule has 1 aromatic rings. The molecular weight excluding hydrogens is 237 g/mol. The van der Waals surface area contributed by atoms with Gasteiger partial charge in [0.25, 0.3) is 0 Å². The van der Waals surface area contributed by atoms with Gasteiger partial charge in [-0.05, 0) is 18.1 Å². The molecule has 0 aromatic carbocycles. The molecule has 0 radical (unpaired) electrons. The fourth-order valence-electron chi connectivity index (χ4n) is 2.17. The predicted molar refractivity (Wildman–Crippen MR) is 65.0 cm³/mol. The molecule has 0 aliphatic carbocycles. The van der Waals surface area contributed by atoms with Crippen molar-refractivity contribution >= 4 is 11.8 Å². The Balaban J connectivity index is 2.12. The maximum Gasteiger partial charge on any atom is 0.303 e. The molecule has 1 aliphatic heterocycles. The van der Waals surface area contributed by atoms with Gasteiger partial charge >= 0.3 is 5.97 Å². The summed E-state index contributed by atoms with van der Waals surface area (Å²) in [5, 5.41) is 12.0. The van der Waals surface area contributed by atoms with Gasteiger partial charge in [-0.3, -0.25) is 4.79 Å². The van der Waals surface area contributed by atoms with Crippen LogP contribution in [-0.4, -0.2) is 42.2 Å². The fourth-order valence-corrected chi connectivity index (χ4v) is 2.17. The number of aromatic nitrogens is 1. The van der Waals surface area contributed by atoms with Crippen LogP contribution in [0.2, 0.25) is 0 Å². The van der Waals surface area contributed by atoms with E-state index >= 15 is 0 Å². The van der Waals surface area contributed by atoms with Crippen LogP contribution in [-0.2, 0) is 4.79 Å². The first kappa shape index (κ1) is 12.8. The van der Waals surface area contributed by atoms with Gasteiger partial charge in [0.05, 0.1) is 6.42 Å². The van der Waals surface area contributed by atoms with E-state index in [4.69, 9.17) is 5.11 Å². The smallest absolute Gasteiger partial charge is 0.303 e. The summed E-state index contributed by atoms with van der Waals surface area (Å²) in [6.45, 7) is 2.47. The normalized spacial score (nSPS) is 20.5. The molecule has 1 aromatic heterocycles. The van der Waals surface area contributed by atoms with Crippen LogP contribution in [0.3, 0.4) is 0 Å². The van der Waals surface area contributed by atoms with Crippen molar-refractivity contribution in [2.24, 2.45) is 5.92 Å². The summed E-state index contributed by atoms with van der Waals surface area (Å²) in [6, 6.07) is 2.91. The van der Waals surface area contributed by atoms with Crippen LogP contribution in [0.4, 0.5) is 10.2 Å². The number of anilines is 1. The molecule has 2 rings (SSSR count). The van der Waals surface area contributed by atoms with Gasteiger partial charge in [0.15, 0.2) is 11.6 Å². The number of carboxylic acids is 1. The highest BCUT2D eigenvalue weighted by Gasteiger charge is 2.22. The van der Waals surface area contributed by atoms with Gasteiger partial charge in [0, 0.05) is 32.4 Å². The zero-order valence-electron chi connectivity index (χ0n) is 9.97. The number of pyridine rings is 1. The van der Waals surface area contributed by atoms with Crippen molar-refractivity contribution in [2.75, 3.05) is 31.1 Å². The first-order valence-corrected chi connectivity index (χ1v) is 5.95. The van der Waals surface area contributed by atoms with E-state index in [1.807, 2.05) is 4.90 Å². The van der Waals surface area contributed by atoms with E-state index in [0.717, 1.165) is 0 Å². The van der Waals surface area contributed by atoms with E-state index in [1.165, 1.54) is 6.07 Å². The van der Waals surface area contributed by atoms with Crippen LogP contribution in [0.5, 0.6) is 0 Å². The number of hydrogen-bond donors (Lipinski definition) is 2. The van der Waals surface area contributed by atoms with Crippen molar-refractivity contribution < 1.29 is 14.3 Å². The second kappa shape index (κ2) is 5.77. The second-order valence-corrected chi connectivity index (χ2v) is 4.42. The lowest BCUT2D eigenvalue weighted by Crippen LogP contribution is -2.32. The van der Waals surface area contributed by atoms with E-state index in [2.05, 4.69) is 10.3 Å². The Morgan fingerprint density at radius 2 is 2.50 bits per heavy atom. The first-order chi connectivity index (χ1) is 8.66. The number of carbonyl (C=O) groups is 1. The van der Waals surface area contributed by atoms with Crippen molar-refractivity contribution in [2.45, 2.75) is 6.42 Å². The Bertz CT molecular complexity index is 428. The molecule has 1 aliphatic rings.